The van der Waals surface area contributed by atoms with Crippen LogP contribution in [0.5, 0.6) is 0 Å². The number of carbonyl (C=O) groups is 1. The molecule has 1 aliphatic heterocycles. The monoisotopic (exact) mass is 539 g/mol. The molecule has 1 saturated heterocycles. The van der Waals surface area contributed by atoms with Gasteiger partial charge in [-0.1, -0.05) is 5.92 Å². The third-order valence-electron chi connectivity index (χ3n) is 5.27. The first kappa shape index (κ1) is 30.5. The number of amides is 1. The van der Waals surface area contributed by atoms with E-state index in [1.54, 1.807) is 0 Å². The van der Waals surface area contributed by atoms with E-state index in [0.29, 0.717) is 0 Å². The second-order valence-electron chi connectivity index (χ2n) is 8.56. The van der Waals surface area contributed by atoms with Crippen molar-refractivity contribution in [2.45, 2.75) is 70.7 Å². The number of methoxy groups -OCH3 is 1. The lowest BCUT2D eigenvalue weighted by Crippen LogP contribution is -2.42. The second-order valence-corrected chi connectivity index (χ2v) is 9.96. The third-order valence-corrected chi connectivity index (χ3v) is 7.40. The van der Waals surface area contributed by atoms with Crippen LogP contribution in [0.15, 0.2) is 21.9 Å². The predicted molar refractivity (Wildman–Crippen MR) is 134 cm³/mol. The summed E-state index contributed by atoms with van der Waals surface area (Å²) in [4.78, 5) is 38.3. The van der Waals surface area contributed by atoms with E-state index in [0.717, 1.165) is 0 Å². The summed E-state index contributed by atoms with van der Waals surface area (Å²) in [6.07, 6.45) is 2.27. The van der Waals surface area contributed by atoms with Crippen LogP contribution in [0.25, 0.3) is 0 Å². The lowest BCUT2D eigenvalue weighted by atomic mass is 10.1. The normalized spacial score (nSPS) is 22.1. The highest BCUT2D eigenvalue weighted by Crippen LogP contribution is 2.50. The summed E-state index contributed by atoms with van der Waals surface area (Å²) < 4.78 is 32.7. The average Bonchev–Trinajstić information content (AvgIpc) is 3.17. The zero-order chi connectivity index (χ0) is 27.5. The molecule has 1 aliphatic rings. The maximum absolute atomic E-state index is 12.5. The van der Waals surface area contributed by atoms with E-state index >= 15 is 0 Å². The molecule has 2 rings (SSSR count). The standard InChI is InChI=1S/C23H34N5O8P/c1-7-11-25-23(31)33-14-17-19(36-37(34-13-8-10-24)28(15(2)3)16(4)5)20(32-6)21(35-17)27-12-9-18(29)26-22(27)30/h1,9,12,15-17,19-21H,8,11,13-14H2,2-6H3,(H,25,31)(H,26,29,30)/t17-,19-,20-,21-,37?/m1/s1. The highest BCUT2D eigenvalue weighted by molar-refractivity contribution is 7.44. The lowest BCUT2D eigenvalue weighted by molar-refractivity contribution is -0.0637. The molecular weight excluding hydrogens is 505 g/mol. The number of terminal acetylenes is 1. The molecule has 2 heterocycles. The van der Waals surface area contributed by atoms with Crippen LogP contribution < -0.4 is 16.6 Å². The topological polar surface area (TPSA) is 157 Å². The summed E-state index contributed by atoms with van der Waals surface area (Å²) in [5.74, 6) is 2.28. The Bertz CT molecular complexity index is 1070. The highest BCUT2D eigenvalue weighted by Gasteiger charge is 2.50. The Morgan fingerprint density at radius 2 is 2.03 bits per heavy atom. The number of hydrogen-bond acceptors (Lipinski definition) is 10. The van der Waals surface area contributed by atoms with Crippen molar-refractivity contribution in [3.05, 3.63) is 33.1 Å². The molecule has 0 bridgehead atoms. The van der Waals surface area contributed by atoms with Crippen LogP contribution in [0.4, 0.5) is 4.79 Å². The van der Waals surface area contributed by atoms with Crippen molar-refractivity contribution in [2.75, 3.05) is 26.9 Å². The fourth-order valence-corrected chi connectivity index (χ4v) is 5.57. The SMILES string of the molecule is C#CCNC(=O)OC[C@H]1O[C@@H](n2ccc(=O)[nH]c2=O)[C@H](OC)[C@@H]1OP(OCCC#N)N(C(C)C)C(C)C. The van der Waals surface area contributed by atoms with Gasteiger partial charge in [-0.05, 0) is 27.7 Å². The van der Waals surface area contributed by atoms with Crippen LogP contribution in [0.1, 0.15) is 40.3 Å². The first-order chi connectivity index (χ1) is 17.6. The van der Waals surface area contributed by atoms with Gasteiger partial charge in [-0.2, -0.15) is 5.26 Å². The molecule has 1 unspecified atom stereocenters. The van der Waals surface area contributed by atoms with Gasteiger partial charge in [0.05, 0.1) is 25.6 Å². The number of rotatable bonds is 13. The maximum atomic E-state index is 12.5. The molecule has 1 aromatic heterocycles. The second kappa shape index (κ2) is 14.8. The fraction of sp³-hybridized carbons (Fsp3) is 0.652. The van der Waals surface area contributed by atoms with Crippen LogP contribution in [-0.2, 0) is 23.3 Å². The van der Waals surface area contributed by atoms with Crippen molar-refractivity contribution >= 4 is 14.6 Å². The van der Waals surface area contributed by atoms with Crippen molar-refractivity contribution in [1.29, 1.82) is 5.26 Å². The zero-order valence-electron chi connectivity index (χ0n) is 21.6. The molecule has 1 amide bonds. The molecule has 0 spiro atoms. The van der Waals surface area contributed by atoms with E-state index < -0.39 is 50.4 Å². The van der Waals surface area contributed by atoms with Gasteiger partial charge in [0, 0.05) is 31.5 Å². The molecule has 0 aromatic carbocycles. The minimum atomic E-state index is -1.73. The third kappa shape index (κ3) is 8.37. The van der Waals surface area contributed by atoms with Crippen molar-refractivity contribution < 1.29 is 28.1 Å². The van der Waals surface area contributed by atoms with E-state index in [1.165, 1.54) is 23.9 Å². The van der Waals surface area contributed by atoms with Gasteiger partial charge in [-0.3, -0.25) is 14.3 Å². The fourth-order valence-electron chi connectivity index (χ4n) is 3.80. The van der Waals surface area contributed by atoms with E-state index in [1.807, 2.05) is 38.4 Å². The molecular formula is C23H34N5O8P. The average molecular weight is 540 g/mol. The molecule has 2 N–H and O–H groups in total. The molecule has 1 fully saturated rings. The number of nitriles is 1. The van der Waals surface area contributed by atoms with Gasteiger partial charge in [0.2, 0.25) is 0 Å². The van der Waals surface area contributed by atoms with Crippen molar-refractivity contribution in [2.24, 2.45) is 0 Å². The van der Waals surface area contributed by atoms with Crippen molar-refractivity contribution in [3.63, 3.8) is 0 Å². The first-order valence-electron chi connectivity index (χ1n) is 11.7. The number of ether oxygens (including phenoxy) is 3. The minimum Gasteiger partial charge on any atom is -0.447 e. The minimum absolute atomic E-state index is 0.0177. The van der Waals surface area contributed by atoms with Crippen molar-refractivity contribution in [1.82, 2.24) is 19.5 Å². The number of carbonyl (C=O) groups excluding carboxylic acids is 1. The summed E-state index contributed by atoms with van der Waals surface area (Å²) in [7, 11) is -0.297. The highest BCUT2D eigenvalue weighted by atomic mass is 31.2. The maximum Gasteiger partial charge on any atom is 0.407 e. The molecule has 14 heteroatoms. The Morgan fingerprint density at radius 3 is 2.59 bits per heavy atom. The van der Waals surface area contributed by atoms with Crippen LogP contribution in [-0.4, -0.2) is 77.6 Å². The number of nitrogens with zero attached hydrogens (tertiary/aromatic N) is 3. The molecule has 0 radical (unpaired) electrons. The quantitative estimate of drug-likeness (QED) is 0.214. The lowest BCUT2D eigenvalue weighted by Gasteiger charge is -2.38. The molecule has 0 aliphatic carbocycles. The van der Waals surface area contributed by atoms with E-state index in [-0.39, 0.29) is 38.3 Å². The number of hydrogen-bond donors (Lipinski definition) is 2. The number of H-pyrrole nitrogens is 1. The van der Waals surface area contributed by atoms with Crippen LogP contribution in [0.2, 0.25) is 0 Å². The summed E-state index contributed by atoms with van der Waals surface area (Å²) in [5, 5.41) is 11.4. The van der Waals surface area contributed by atoms with E-state index in [9.17, 15) is 14.4 Å². The molecule has 13 nitrogen and oxygen atoms in total. The summed E-state index contributed by atoms with van der Waals surface area (Å²) in [6, 6.07) is 3.28. The molecule has 1 aromatic rings. The number of nitrogens with one attached hydrogen (secondary N) is 2. The largest absolute Gasteiger partial charge is 0.447 e. The van der Waals surface area contributed by atoms with Gasteiger partial charge in [-0.15, -0.1) is 6.42 Å². The van der Waals surface area contributed by atoms with E-state index in [2.05, 4.69) is 16.2 Å². The van der Waals surface area contributed by atoms with Crippen molar-refractivity contribution in [3.8, 4) is 18.4 Å². The van der Waals surface area contributed by atoms with Gasteiger partial charge >= 0.3 is 11.8 Å². The Kier molecular flexibility index (Phi) is 12.2. The van der Waals surface area contributed by atoms with E-state index in [4.69, 9.17) is 34.9 Å². The van der Waals surface area contributed by atoms with Gasteiger partial charge in [0.1, 0.15) is 24.9 Å². The smallest absolute Gasteiger partial charge is 0.407 e. The first-order valence-corrected chi connectivity index (χ1v) is 12.9. The number of aromatic amines is 1. The van der Waals surface area contributed by atoms with Gasteiger partial charge in [-0.25, -0.2) is 14.3 Å². The number of aromatic nitrogens is 2. The van der Waals surface area contributed by atoms with Gasteiger partial charge in [0.15, 0.2) is 6.23 Å². The Morgan fingerprint density at radius 1 is 1.32 bits per heavy atom. The Labute approximate surface area is 216 Å². The van der Waals surface area contributed by atoms with Gasteiger partial charge in [0.25, 0.3) is 14.1 Å². The van der Waals surface area contributed by atoms with Crippen LogP contribution in [0.3, 0.4) is 0 Å². The Balaban J connectivity index is 2.41. The molecule has 0 saturated carbocycles. The molecule has 5 atom stereocenters. The van der Waals surface area contributed by atoms with Gasteiger partial charge < -0.3 is 28.6 Å². The zero-order valence-corrected chi connectivity index (χ0v) is 22.5. The van der Waals surface area contributed by atoms with Crippen LogP contribution in [0, 0.1) is 23.7 Å². The summed E-state index contributed by atoms with van der Waals surface area (Å²) >= 11 is 0. The predicted octanol–water partition coefficient (Wildman–Crippen LogP) is 1.47. The Hall–Kier alpha value is -2.77. The molecule has 37 heavy (non-hydrogen) atoms. The number of alkyl carbamates (subject to hydrolysis) is 1. The summed E-state index contributed by atoms with van der Waals surface area (Å²) in [5.41, 5.74) is -1.27. The van der Waals surface area contributed by atoms with Crippen LogP contribution >= 0.6 is 8.53 Å². The molecule has 204 valence electrons. The summed E-state index contributed by atoms with van der Waals surface area (Å²) in [6.45, 7) is 7.84.